The maximum absolute atomic E-state index is 5.41. The SMILES string of the molecule is c1ccc(-c2cc(-c3ccccc3)nc(-c3cccc4c3C3c5ccccc5C4c4cccc([Si](c5ccccc5)(c5ccccc5)c5ccccc5)c43)n2)cc1. The first-order chi connectivity index (χ1) is 28.3. The fourth-order valence-electron chi connectivity index (χ4n) is 9.94. The van der Waals surface area contributed by atoms with Gasteiger partial charge in [0.05, 0.1) is 11.4 Å². The molecule has 2 atom stereocenters. The van der Waals surface area contributed by atoms with E-state index in [1.165, 1.54) is 54.1 Å². The van der Waals surface area contributed by atoms with Crippen LogP contribution in [0.3, 0.4) is 0 Å². The molecule has 0 N–H and O–H groups in total. The van der Waals surface area contributed by atoms with Crippen LogP contribution in [-0.2, 0) is 0 Å². The van der Waals surface area contributed by atoms with Gasteiger partial charge in [-0.1, -0.05) is 212 Å². The molecule has 2 bridgehead atoms. The smallest absolute Gasteiger partial charge is 0.179 e. The second-order valence-electron chi connectivity index (χ2n) is 15.2. The summed E-state index contributed by atoms with van der Waals surface area (Å²) in [6.07, 6.45) is 0. The van der Waals surface area contributed by atoms with Crippen LogP contribution in [0.1, 0.15) is 45.2 Å². The van der Waals surface area contributed by atoms with Crippen molar-refractivity contribution in [2.45, 2.75) is 11.8 Å². The van der Waals surface area contributed by atoms with Crippen LogP contribution in [0, 0.1) is 0 Å². The van der Waals surface area contributed by atoms with Crippen LogP contribution in [-0.4, -0.2) is 18.0 Å². The molecule has 0 saturated heterocycles. The fourth-order valence-corrected chi connectivity index (χ4v) is 15.0. The molecule has 268 valence electrons. The van der Waals surface area contributed by atoms with E-state index in [1.807, 2.05) is 0 Å². The third-order valence-electron chi connectivity index (χ3n) is 12.2. The number of hydrogen-bond donors (Lipinski definition) is 0. The van der Waals surface area contributed by atoms with Crippen LogP contribution in [0.4, 0.5) is 0 Å². The molecule has 8 aromatic carbocycles. The summed E-state index contributed by atoms with van der Waals surface area (Å²) in [6, 6.07) is 80.3. The first-order valence-corrected chi connectivity index (χ1v) is 21.8. The molecule has 0 amide bonds. The van der Waals surface area contributed by atoms with Gasteiger partial charge >= 0.3 is 0 Å². The first kappa shape index (κ1) is 33.4. The van der Waals surface area contributed by atoms with Crippen molar-refractivity contribution in [3.05, 3.63) is 252 Å². The summed E-state index contributed by atoms with van der Waals surface area (Å²) < 4.78 is 0. The van der Waals surface area contributed by atoms with Gasteiger partial charge in [0.25, 0.3) is 0 Å². The van der Waals surface area contributed by atoms with Crippen LogP contribution in [0.2, 0.25) is 0 Å². The Kier molecular flexibility index (Phi) is 8.01. The summed E-state index contributed by atoms with van der Waals surface area (Å²) in [5.74, 6) is 0.820. The van der Waals surface area contributed by atoms with E-state index in [2.05, 4.69) is 218 Å². The van der Waals surface area contributed by atoms with Gasteiger partial charge in [-0.25, -0.2) is 9.97 Å². The largest absolute Gasteiger partial charge is 0.228 e. The predicted molar refractivity (Wildman–Crippen MR) is 237 cm³/mol. The van der Waals surface area contributed by atoms with Crippen LogP contribution in [0.25, 0.3) is 33.9 Å². The van der Waals surface area contributed by atoms with Gasteiger partial charge in [0.1, 0.15) is 0 Å². The highest BCUT2D eigenvalue weighted by Gasteiger charge is 2.49. The van der Waals surface area contributed by atoms with E-state index in [1.54, 1.807) is 0 Å². The van der Waals surface area contributed by atoms with Crippen molar-refractivity contribution in [2.24, 2.45) is 0 Å². The van der Waals surface area contributed by atoms with E-state index in [0.29, 0.717) is 0 Å². The molecule has 3 heteroatoms. The summed E-state index contributed by atoms with van der Waals surface area (Å²) in [5.41, 5.74) is 13.4. The van der Waals surface area contributed by atoms with Crippen LogP contribution >= 0.6 is 0 Å². The van der Waals surface area contributed by atoms with Crippen LogP contribution < -0.4 is 20.7 Å². The molecule has 3 aliphatic rings. The van der Waals surface area contributed by atoms with E-state index < -0.39 is 8.07 Å². The number of benzene rings is 8. The zero-order valence-electron chi connectivity index (χ0n) is 31.3. The molecule has 2 unspecified atom stereocenters. The van der Waals surface area contributed by atoms with Gasteiger partial charge in [0.2, 0.25) is 0 Å². The fraction of sp³-hybridized carbons (Fsp3) is 0.0370. The Labute approximate surface area is 334 Å². The number of nitrogens with zero attached hydrogens (tertiary/aromatic N) is 2. The van der Waals surface area contributed by atoms with Gasteiger partial charge in [-0.15, -0.1) is 0 Å². The van der Waals surface area contributed by atoms with E-state index in [9.17, 15) is 0 Å². The quantitative estimate of drug-likeness (QED) is 0.120. The predicted octanol–water partition coefficient (Wildman–Crippen LogP) is 9.84. The zero-order valence-corrected chi connectivity index (χ0v) is 32.3. The average molecular weight is 743 g/mol. The lowest BCUT2D eigenvalue weighted by Gasteiger charge is -2.46. The Bertz CT molecular complexity index is 2740. The van der Waals surface area contributed by atoms with Gasteiger partial charge in [-0.05, 0) is 60.2 Å². The molecule has 9 aromatic rings. The van der Waals surface area contributed by atoms with Crippen molar-refractivity contribution in [3.8, 4) is 33.9 Å². The number of aromatic nitrogens is 2. The van der Waals surface area contributed by atoms with E-state index in [0.717, 1.165) is 33.9 Å². The molecule has 0 aliphatic heterocycles. The Hall–Kier alpha value is -6.94. The lowest BCUT2D eigenvalue weighted by Crippen LogP contribution is -2.75. The minimum atomic E-state index is -2.89. The van der Waals surface area contributed by atoms with Crippen molar-refractivity contribution in [1.82, 2.24) is 9.97 Å². The molecule has 2 nitrogen and oxygen atoms in total. The van der Waals surface area contributed by atoms with Crippen LogP contribution in [0.15, 0.2) is 218 Å². The average Bonchev–Trinajstić information content (AvgIpc) is 3.30. The van der Waals surface area contributed by atoms with Crippen molar-refractivity contribution in [3.63, 3.8) is 0 Å². The highest BCUT2D eigenvalue weighted by molar-refractivity contribution is 7.20. The topological polar surface area (TPSA) is 25.8 Å². The maximum Gasteiger partial charge on any atom is 0.179 e. The number of rotatable bonds is 7. The first-order valence-electron chi connectivity index (χ1n) is 19.8. The van der Waals surface area contributed by atoms with Crippen molar-refractivity contribution in [1.29, 1.82) is 0 Å². The lowest BCUT2D eigenvalue weighted by molar-refractivity contribution is 0.759. The Morgan fingerprint density at radius 3 is 1.25 bits per heavy atom. The van der Waals surface area contributed by atoms with Crippen molar-refractivity contribution in [2.75, 3.05) is 0 Å². The summed E-state index contributed by atoms with van der Waals surface area (Å²) in [4.78, 5) is 10.8. The molecular weight excluding hydrogens is 705 g/mol. The highest BCUT2D eigenvalue weighted by atomic mass is 28.3. The van der Waals surface area contributed by atoms with Crippen molar-refractivity contribution < 1.29 is 0 Å². The summed E-state index contributed by atoms with van der Waals surface area (Å²) in [6.45, 7) is 0. The third kappa shape index (κ3) is 5.23. The van der Waals surface area contributed by atoms with Gasteiger partial charge < -0.3 is 0 Å². The second-order valence-corrected chi connectivity index (χ2v) is 18.9. The summed E-state index contributed by atoms with van der Waals surface area (Å²) in [7, 11) is -2.89. The molecular formula is C54H38N2Si. The van der Waals surface area contributed by atoms with Crippen LogP contribution in [0.5, 0.6) is 0 Å². The van der Waals surface area contributed by atoms with E-state index in [4.69, 9.17) is 9.97 Å². The molecule has 57 heavy (non-hydrogen) atoms. The van der Waals surface area contributed by atoms with Crippen molar-refractivity contribution >= 4 is 28.8 Å². The third-order valence-corrected chi connectivity index (χ3v) is 17.1. The van der Waals surface area contributed by atoms with Gasteiger partial charge in [-0.3, -0.25) is 0 Å². The zero-order chi connectivity index (χ0) is 37.8. The highest BCUT2D eigenvalue weighted by Crippen LogP contribution is 2.57. The minimum Gasteiger partial charge on any atom is -0.228 e. The molecule has 1 aromatic heterocycles. The van der Waals surface area contributed by atoms with E-state index >= 15 is 0 Å². The molecule has 0 radical (unpaired) electrons. The van der Waals surface area contributed by atoms with E-state index in [-0.39, 0.29) is 11.8 Å². The molecule has 3 aliphatic carbocycles. The van der Waals surface area contributed by atoms with Gasteiger partial charge in [-0.2, -0.15) is 0 Å². The molecule has 1 heterocycles. The maximum atomic E-state index is 5.41. The van der Waals surface area contributed by atoms with Gasteiger partial charge in [0, 0.05) is 28.5 Å². The summed E-state index contributed by atoms with van der Waals surface area (Å²) in [5, 5.41) is 5.58. The lowest BCUT2D eigenvalue weighted by atomic mass is 9.60. The molecule has 0 spiro atoms. The Balaban J connectivity index is 1.23. The molecule has 12 rings (SSSR count). The standard InChI is InChI=1S/C54H38N2Si/c1-6-20-37(21-7-1)47-36-48(38-22-8-2-9-23-38)56-54(55-47)46-34-18-32-44-50-42-30-16-17-31-43(42)53(51(44)46)52-45(50)33-19-35-49(52)57(39-24-10-3-11-25-39,40-26-12-4-13-27-40)41-28-14-5-15-29-41/h1-36,50,53H. The second kappa shape index (κ2) is 13.7. The monoisotopic (exact) mass is 742 g/mol. The van der Waals surface area contributed by atoms with Gasteiger partial charge in [0.15, 0.2) is 13.9 Å². The molecule has 0 saturated carbocycles. The summed E-state index contributed by atoms with van der Waals surface area (Å²) >= 11 is 0. The number of hydrogen-bond acceptors (Lipinski definition) is 2. The Morgan fingerprint density at radius 2 is 0.737 bits per heavy atom. The molecule has 0 fully saturated rings. The normalized spacial score (nSPS) is 15.0. The Morgan fingerprint density at radius 1 is 0.333 bits per heavy atom. The minimum absolute atomic E-state index is 0.0178.